The summed E-state index contributed by atoms with van der Waals surface area (Å²) in [7, 11) is 0. The van der Waals surface area contributed by atoms with Crippen molar-refractivity contribution in [3.63, 3.8) is 0 Å². The van der Waals surface area contributed by atoms with Crippen molar-refractivity contribution in [2.75, 3.05) is 13.2 Å². The van der Waals surface area contributed by atoms with Gasteiger partial charge in [-0.2, -0.15) is 0 Å². The van der Waals surface area contributed by atoms with Crippen molar-refractivity contribution in [3.05, 3.63) is 46.6 Å². The number of carbonyl (C=O) groups is 1. The van der Waals surface area contributed by atoms with Gasteiger partial charge in [0.1, 0.15) is 5.75 Å². The van der Waals surface area contributed by atoms with Gasteiger partial charge in [-0.1, -0.05) is 43.9 Å². The zero-order valence-electron chi connectivity index (χ0n) is 16.7. The lowest BCUT2D eigenvalue weighted by molar-refractivity contribution is 0.0518. The summed E-state index contributed by atoms with van der Waals surface area (Å²) < 4.78 is 11.4. The van der Waals surface area contributed by atoms with Crippen molar-refractivity contribution >= 4 is 17.6 Å². The lowest BCUT2D eigenvalue weighted by Gasteiger charge is -2.22. The molecule has 150 valence electrons. The van der Waals surface area contributed by atoms with E-state index in [0.29, 0.717) is 42.0 Å². The van der Waals surface area contributed by atoms with E-state index in [1.807, 2.05) is 37.3 Å². The Bertz CT molecular complexity index is 815. The molecular formula is C23H28ClNO3. The molecule has 0 spiro atoms. The maximum Gasteiger partial charge on any atom is 0.357 e. The van der Waals surface area contributed by atoms with Gasteiger partial charge < -0.3 is 9.47 Å². The van der Waals surface area contributed by atoms with Crippen molar-refractivity contribution in [1.29, 1.82) is 0 Å². The lowest BCUT2D eigenvalue weighted by atomic mass is 9.90. The number of rotatable bonds is 7. The number of hydrogen-bond donors (Lipinski definition) is 0. The molecule has 0 unspecified atom stereocenters. The van der Waals surface area contributed by atoms with Crippen LogP contribution in [0.1, 0.15) is 62.0 Å². The smallest absolute Gasteiger partial charge is 0.357 e. The standard InChI is InChI=1S/C23H28ClNO3/c1-3-17-10-12-20(25-22(17)23(26)27-4-2)19-14-18(24)11-13-21(19)28-15-16-8-6-5-7-9-16/h10-14,16H,3-9,15H2,1-2H3. The molecule has 0 atom stereocenters. The molecule has 0 aliphatic heterocycles. The van der Waals surface area contributed by atoms with Gasteiger partial charge in [-0.3, -0.25) is 0 Å². The number of esters is 1. The molecule has 1 saturated carbocycles. The van der Waals surface area contributed by atoms with Gasteiger partial charge in [-0.05, 0) is 61.9 Å². The summed E-state index contributed by atoms with van der Waals surface area (Å²) >= 11 is 6.25. The fraction of sp³-hybridized carbons (Fsp3) is 0.478. The second-order valence-corrected chi connectivity index (χ2v) is 7.67. The van der Waals surface area contributed by atoms with Gasteiger partial charge in [0.25, 0.3) is 0 Å². The summed E-state index contributed by atoms with van der Waals surface area (Å²) in [6, 6.07) is 9.41. The third kappa shape index (κ3) is 5.05. The van der Waals surface area contributed by atoms with Crippen LogP contribution in [0.25, 0.3) is 11.3 Å². The molecule has 5 heteroatoms. The fourth-order valence-corrected chi connectivity index (χ4v) is 3.86. The Kier molecular flexibility index (Phi) is 7.32. The van der Waals surface area contributed by atoms with Crippen LogP contribution in [0.3, 0.4) is 0 Å². The number of halogens is 1. The fourth-order valence-electron chi connectivity index (χ4n) is 3.69. The highest BCUT2D eigenvalue weighted by Gasteiger charge is 2.19. The zero-order chi connectivity index (χ0) is 19.9. The molecule has 0 bridgehead atoms. The van der Waals surface area contributed by atoms with E-state index in [4.69, 9.17) is 21.1 Å². The van der Waals surface area contributed by atoms with E-state index in [2.05, 4.69) is 4.98 Å². The Morgan fingerprint density at radius 3 is 2.64 bits per heavy atom. The second kappa shape index (κ2) is 9.92. The zero-order valence-corrected chi connectivity index (χ0v) is 17.4. The van der Waals surface area contributed by atoms with Crippen LogP contribution in [-0.2, 0) is 11.2 Å². The van der Waals surface area contributed by atoms with Crippen molar-refractivity contribution in [1.82, 2.24) is 4.98 Å². The summed E-state index contributed by atoms with van der Waals surface area (Å²) in [5.41, 5.74) is 2.70. The maximum absolute atomic E-state index is 12.3. The molecule has 1 aromatic heterocycles. The first-order chi connectivity index (χ1) is 13.6. The Balaban J connectivity index is 1.90. The van der Waals surface area contributed by atoms with E-state index < -0.39 is 5.97 Å². The van der Waals surface area contributed by atoms with Gasteiger partial charge in [0.05, 0.1) is 18.9 Å². The summed E-state index contributed by atoms with van der Waals surface area (Å²) in [5, 5.41) is 0.610. The molecule has 3 rings (SSSR count). The van der Waals surface area contributed by atoms with E-state index in [9.17, 15) is 4.79 Å². The average Bonchev–Trinajstić information content (AvgIpc) is 2.73. The molecule has 0 N–H and O–H groups in total. The van der Waals surface area contributed by atoms with Crippen molar-refractivity contribution in [2.24, 2.45) is 5.92 Å². The van der Waals surface area contributed by atoms with Crippen LogP contribution in [0.2, 0.25) is 5.02 Å². The Labute approximate surface area is 172 Å². The van der Waals surface area contributed by atoms with Gasteiger partial charge in [0, 0.05) is 10.6 Å². The van der Waals surface area contributed by atoms with Crippen LogP contribution in [0, 0.1) is 5.92 Å². The summed E-state index contributed by atoms with van der Waals surface area (Å²) in [4.78, 5) is 17.0. The molecule has 0 amide bonds. The topological polar surface area (TPSA) is 48.4 Å². The molecule has 2 aromatic rings. The third-order valence-corrected chi connectivity index (χ3v) is 5.48. The summed E-state index contributed by atoms with van der Waals surface area (Å²) in [5.74, 6) is 0.956. The number of ether oxygens (including phenoxy) is 2. The largest absolute Gasteiger partial charge is 0.493 e. The van der Waals surface area contributed by atoms with Crippen LogP contribution in [-0.4, -0.2) is 24.2 Å². The molecular weight excluding hydrogens is 374 g/mol. The number of aryl methyl sites for hydroxylation is 1. The highest BCUT2D eigenvalue weighted by atomic mass is 35.5. The first-order valence-electron chi connectivity index (χ1n) is 10.2. The first-order valence-corrected chi connectivity index (χ1v) is 10.6. The number of pyridine rings is 1. The van der Waals surface area contributed by atoms with E-state index >= 15 is 0 Å². The van der Waals surface area contributed by atoms with Crippen LogP contribution in [0.15, 0.2) is 30.3 Å². The van der Waals surface area contributed by atoms with Gasteiger partial charge >= 0.3 is 5.97 Å². The van der Waals surface area contributed by atoms with Crippen molar-refractivity contribution in [2.45, 2.75) is 52.4 Å². The van der Waals surface area contributed by atoms with Crippen LogP contribution in [0.4, 0.5) is 0 Å². The maximum atomic E-state index is 12.3. The molecule has 1 aliphatic carbocycles. The second-order valence-electron chi connectivity index (χ2n) is 7.23. The molecule has 1 fully saturated rings. The SMILES string of the molecule is CCOC(=O)c1nc(-c2cc(Cl)ccc2OCC2CCCCC2)ccc1CC. The third-order valence-electron chi connectivity index (χ3n) is 5.25. The Hall–Kier alpha value is -2.07. The van der Waals surface area contributed by atoms with Gasteiger partial charge in [-0.25, -0.2) is 9.78 Å². The quantitative estimate of drug-likeness (QED) is 0.526. The number of benzene rings is 1. The number of hydrogen-bond acceptors (Lipinski definition) is 4. The summed E-state index contributed by atoms with van der Waals surface area (Å²) in [6.07, 6.45) is 7.04. The molecule has 4 nitrogen and oxygen atoms in total. The minimum atomic E-state index is -0.395. The summed E-state index contributed by atoms with van der Waals surface area (Å²) in [6.45, 7) is 4.81. The van der Waals surface area contributed by atoms with E-state index in [1.54, 1.807) is 6.92 Å². The van der Waals surface area contributed by atoms with Crippen LogP contribution in [0.5, 0.6) is 5.75 Å². The monoisotopic (exact) mass is 401 g/mol. The molecule has 0 radical (unpaired) electrons. The molecule has 0 saturated heterocycles. The predicted octanol–water partition coefficient (Wildman–Crippen LogP) is 6.10. The minimum absolute atomic E-state index is 0.320. The van der Waals surface area contributed by atoms with Crippen LogP contribution >= 0.6 is 11.6 Å². The molecule has 1 aliphatic rings. The normalized spacial score (nSPS) is 14.7. The molecule has 1 aromatic carbocycles. The predicted molar refractivity (Wildman–Crippen MR) is 112 cm³/mol. The van der Waals surface area contributed by atoms with E-state index in [-0.39, 0.29) is 0 Å². The highest BCUT2D eigenvalue weighted by Crippen LogP contribution is 2.33. The van der Waals surface area contributed by atoms with Crippen LogP contribution < -0.4 is 4.74 Å². The lowest BCUT2D eigenvalue weighted by Crippen LogP contribution is -2.15. The Morgan fingerprint density at radius 2 is 1.93 bits per heavy atom. The highest BCUT2D eigenvalue weighted by molar-refractivity contribution is 6.31. The van der Waals surface area contributed by atoms with Crippen molar-refractivity contribution in [3.8, 4) is 17.0 Å². The number of nitrogens with zero attached hydrogens (tertiary/aromatic N) is 1. The number of carbonyl (C=O) groups excluding carboxylic acids is 1. The minimum Gasteiger partial charge on any atom is -0.493 e. The number of aromatic nitrogens is 1. The van der Waals surface area contributed by atoms with Crippen molar-refractivity contribution < 1.29 is 14.3 Å². The molecule has 1 heterocycles. The van der Waals surface area contributed by atoms with Gasteiger partial charge in [-0.15, -0.1) is 0 Å². The average molecular weight is 402 g/mol. The van der Waals surface area contributed by atoms with E-state index in [1.165, 1.54) is 32.1 Å². The van der Waals surface area contributed by atoms with Gasteiger partial charge in [0.15, 0.2) is 5.69 Å². The van der Waals surface area contributed by atoms with Gasteiger partial charge in [0.2, 0.25) is 0 Å². The Morgan fingerprint density at radius 1 is 1.14 bits per heavy atom. The van der Waals surface area contributed by atoms with E-state index in [0.717, 1.165) is 16.9 Å². The molecule has 28 heavy (non-hydrogen) atoms. The first kappa shape index (κ1) is 20.7.